The Morgan fingerprint density at radius 2 is 2.35 bits per heavy atom. The first-order chi connectivity index (χ1) is 8.15. The second-order valence-electron chi connectivity index (χ2n) is 4.72. The van der Waals surface area contributed by atoms with E-state index in [2.05, 4.69) is 12.0 Å². The van der Waals surface area contributed by atoms with Gasteiger partial charge in [-0.05, 0) is 32.3 Å². The predicted molar refractivity (Wildman–Crippen MR) is 65.5 cm³/mol. The van der Waals surface area contributed by atoms with Crippen molar-refractivity contribution in [3.63, 3.8) is 0 Å². The molecule has 94 valence electrons. The minimum Gasteiger partial charge on any atom is -0.330 e. The summed E-state index contributed by atoms with van der Waals surface area (Å²) in [6, 6.07) is 2.19. The second-order valence-corrected chi connectivity index (χ2v) is 4.72. The lowest BCUT2D eigenvalue weighted by molar-refractivity contribution is 0.0483. The van der Waals surface area contributed by atoms with Gasteiger partial charge in [0.15, 0.2) is 0 Å². The van der Waals surface area contributed by atoms with Crippen LogP contribution in [0, 0.1) is 0 Å². The number of nitrogens with two attached hydrogens (primary N) is 1. The van der Waals surface area contributed by atoms with Gasteiger partial charge in [-0.2, -0.15) is 5.10 Å². The Bertz CT molecular complexity index is 401. The van der Waals surface area contributed by atoms with Crippen LogP contribution in [-0.2, 0) is 7.05 Å². The van der Waals surface area contributed by atoms with Gasteiger partial charge in [0, 0.05) is 31.9 Å². The first-order valence-electron chi connectivity index (χ1n) is 6.16. The largest absolute Gasteiger partial charge is 0.330 e. The number of aromatic nitrogens is 2. The van der Waals surface area contributed by atoms with E-state index < -0.39 is 0 Å². The zero-order chi connectivity index (χ0) is 12.4. The molecule has 2 N–H and O–H groups in total. The van der Waals surface area contributed by atoms with Crippen LogP contribution in [0.15, 0.2) is 12.3 Å². The smallest absolute Gasteiger partial charge is 0.272 e. The van der Waals surface area contributed by atoms with Gasteiger partial charge in [-0.1, -0.05) is 0 Å². The third kappa shape index (κ3) is 2.20. The highest BCUT2D eigenvalue weighted by Gasteiger charge is 2.32. The van der Waals surface area contributed by atoms with Crippen LogP contribution in [0.4, 0.5) is 0 Å². The maximum Gasteiger partial charge on any atom is 0.272 e. The van der Waals surface area contributed by atoms with Crippen LogP contribution in [0.25, 0.3) is 0 Å². The monoisotopic (exact) mass is 236 g/mol. The first-order valence-corrected chi connectivity index (χ1v) is 6.16. The molecule has 1 fully saturated rings. The molecular formula is C12H20N4O. The fraction of sp³-hybridized carbons (Fsp3) is 0.667. The third-order valence-electron chi connectivity index (χ3n) is 3.57. The van der Waals surface area contributed by atoms with Crippen molar-refractivity contribution in [2.75, 3.05) is 6.54 Å². The zero-order valence-electron chi connectivity index (χ0n) is 10.5. The van der Waals surface area contributed by atoms with E-state index in [4.69, 9.17) is 5.73 Å². The van der Waals surface area contributed by atoms with E-state index in [9.17, 15) is 4.79 Å². The van der Waals surface area contributed by atoms with Gasteiger partial charge in [0.05, 0.1) is 0 Å². The molecule has 0 saturated carbocycles. The Hall–Kier alpha value is -1.36. The molecule has 2 heterocycles. The summed E-state index contributed by atoms with van der Waals surface area (Å²) in [5.74, 6) is 0.0488. The number of hydrogen-bond acceptors (Lipinski definition) is 3. The Labute approximate surface area is 102 Å². The van der Waals surface area contributed by atoms with E-state index in [0.717, 1.165) is 19.3 Å². The van der Waals surface area contributed by atoms with Gasteiger partial charge in [-0.15, -0.1) is 0 Å². The topological polar surface area (TPSA) is 64.2 Å². The molecule has 0 spiro atoms. The number of hydrogen-bond donors (Lipinski definition) is 1. The van der Waals surface area contributed by atoms with Crippen molar-refractivity contribution in [3.8, 4) is 0 Å². The van der Waals surface area contributed by atoms with Crippen molar-refractivity contribution in [2.45, 2.75) is 38.3 Å². The third-order valence-corrected chi connectivity index (χ3v) is 3.57. The van der Waals surface area contributed by atoms with Crippen LogP contribution < -0.4 is 5.73 Å². The Balaban J connectivity index is 2.24. The van der Waals surface area contributed by atoms with E-state index in [1.54, 1.807) is 24.0 Å². The van der Waals surface area contributed by atoms with Crippen molar-refractivity contribution in [1.29, 1.82) is 0 Å². The van der Waals surface area contributed by atoms with Gasteiger partial charge in [-0.3, -0.25) is 9.48 Å². The molecule has 1 saturated heterocycles. The number of likely N-dealkylation sites (tertiary alicyclic amines) is 1. The summed E-state index contributed by atoms with van der Waals surface area (Å²) >= 11 is 0. The normalized spacial score (nSPS) is 25.0. The minimum atomic E-state index is 0.0488. The van der Waals surface area contributed by atoms with E-state index in [1.807, 2.05) is 4.90 Å². The standard InChI is InChI=1S/C12H20N4O/c1-9-4-3-5-10(8-13)16(9)12(17)11-6-7-14-15(11)2/h6-7,9-10H,3-5,8,13H2,1-2H3. The lowest BCUT2D eigenvalue weighted by atomic mass is 9.96. The van der Waals surface area contributed by atoms with Crippen molar-refractivity contribution in [2.24, 2.45) is 12.8 Å². The summed E-state index contributed by atoms with van der Waals surface area (Å²) < 4.78 is 1.62. The molecule has 2 atom stereocenters. The number of rotatable bonds is 2. The number of piperidine rings is 1. The van der Waals surface area contributed by atoms with E-state index in [-0.39, 0.29) is 18.0 Å². The summed E-state index contributed by atoms with van der Waals surface area (Å²) in [5, 5.41) is 4.05. The van der Waals surface area contributed by atoms with Crippen LogP contribution in [0.1, 0.15) is 36.7 Å². The molecule has 1 aliphatic heterocycles. The van der Waals surface area contributed by atoms with Crippen molar-refractivity contribution in [3.05, 3.63) is 18.0 Å². The molecule has 2 rings (SSSR count). The lowest BCUT2D eigenvalue weighted by Crippen LogP contribution is -2.52. The molecule has 5 heteroatoms. The van der Waals surface area contributed by atoms with Crippen LogP contribution >= 0.6 is 0 Å². The zero-order valence-corrected chi connectivity index (χ0v) is 10.5. The predicted octanol–water partition coefficient (Wildman–Crippen LogP) is 0.762. The fourth-order valence-corrected chi connectivity index (χ4v) is 2.60. The molecule has 1 aromatic heterocycles. The summed E-state index contributed by atoms with van der Waals surface area (Å²) in [7, 11) is 1.79. The molecule has 1 amide bonds. The minimum absolute atomic E-state index is 0.0488. The SMILES string of the molecule is CC1CCCC(CN)N1C(=O)c1ccnn1C. The van der Waals surface area contributed by atoms with Gasteiger partial charge >= 0.3 is 0 Å². The molecule has 1 aromatic rings. The van der Waals surface area contributed by atoms with Gasteiger partial charge in [-0.25, -0.2) is 0 Å². The quantitative estimate of drug-likeness (QED) is 0.824. The maximum atomic E-state index is 12.5. The summed E-state index contributed by atoms with van der Waals surface area (Å²) in [6.07, 6.45) is 4.86. The summed E-state index contributed by atoms with van der Waals surface area (Å²) in [5.41, 5.74) is 6.41. The van der Waals surface area contributed by atoms with Crippen LogP contribution in [0.5, 0.6) is 0 Å². The van der Waals surface area contributed by atoms with E-state index in [1.165, 1.54) is 0 Å². The van der Waals surface area contributed by atoms with Crippen LogP contribution in [-0.4, -0.2) is 39.2 Å². The number of carbonyl (C=O) groups is 1. The Morgan fingerprint density at radius 3 is 2.94 bits per heavy atom. The highest BCUT2D eigenvalue weighted by Crippen LogP contribution is 2.24. The highest BCUT2D eigenvalue weighted by molar-refractivity contribution is 5.93. The average molecular weight is 236 g/mol. The second kappa shape index (κ2) is 4.87. The Kier molecular flexibility index (Phi) is 3.47. The average Bonchev–Trinajstić information content (AvgIpc) is 2.74. The fourth-order valence-electron chi connectivity index (χ4n) is 2.60. The molecule has 0 aromatic carbocycles. The van der Waals surface area contributed by atoms with Crippen molar-refractivity contribution < 1.29 is 4.79 Å². The lowest BCUT2D eigenvalue weighted by Gasteiger charge is -2.40. The number of amides is 1. The van der Waals surface area contributed by atoms with Crippen molar-refractivity contribution in [1.82, 2.24) is 14.7 Å². The molecule has 17 heavy (non-hydrogen) atoms. The number of nitrogens with zero attached hydrogens (tertiary/aromatic N) is 3. The van der Waals surface area contributed by atoms with E-state index >= 15 is 0 Å². The van der Waals surface area contributed by atoms with Gasteiger partial charge < -0.3 is 10.6 Å². The molecule has 1 aliphatic rings. The summed E-state index contributed by atoms with van der Waals surface area (Å²) in [4.78, 5) is 14.4. The molecular weight excluding hydrogens is 216 g/mol. The number of aryl methyl sites for hydroxylation is 1. The number of carbonyl (C=O) groups excluding carboxylic acids is 1. The molecule has 0 bridgehead atoms. The molecule has 0 radical (unpaired) electrons. The molecule has 5 nitrogen and oxygen atoms in total. The maximum absolute atomic E-state index is 12.5. The van der Waals surface area contributed by atoms with E-state index in [0.29, 0.717) is 12.2 Å². The molecule has 0 aliphatic carbocycles. The highest BCUT2D eigenvalue weighted by atomic mass is 16.2. The first kappa shape index (κ1) is 12.1. The Morgan fingerprint density at radius 1 is 1.59 bits per heavy atom. The summed E-state index contributed by atoms with van der Waals surface area (Å²) in [6.45, 7) is 2.63. The van der Waals surface area contributed by atoms with Gasteiger partial charge in [0.1, 0.15) is 5.69 Å². The van der Waals surface area contributed by atoms with Gasteiger partial charge in [0.25, 0.3) is 5.91 Å². The molecule has 2 unspecified atom stereocenters. The van der Waals surface area contributed by atoms with Gasteiger partial charge in [0.2, 0.25) is 0 Å². The van der Waals surface area contributed by atoms with Crippen LogP contribution in [0.2, 0.25) is 0 Å². The van der Waals surface area contributed by atoms with Crippen molar-refractivity contribution >= 4 is 5.91 Å². The van der Waals surface area contributed by atoms with Crippen LogP contribution in [0.3, 0.4) is 0 Å².